The topological polar surface area (TPSA) is 66.6 Å². The minimum Gasteiger partial charge on any atom is -0.385 e. The molecule has 2 atom stereocenters. The molecule has 128 valence electrons. The number of aliphatic hydroxyl groups is 1. The van der Waals surface area contributed by atoms with Gasteiger partial charge in [-0.25, -0.2) is 0 Å². The van der Waals surface area contributed by atoms with E-state index in [1.807, 2.05) is 24.3 Å². The third-order valence-corrected chi connectivity index (χ3v) is 5.46. The second kappa shape index (κ2) is 6.17. The highest BCUT2D eigenvalue weighted by molar-refractivity contribution is 6.30. The summed E-state index contributed by atoms with van der Waals surface area (Å²) in [6, 6.07) is 7.40. The maximum Gasteiger partial charge on any atom is 0.150 e. The third kappa shape index (κ3) is 3.61. The third-order valence-electron chi connectivity index (χ3n) is 5.21. The van der Waals surface area contributed by atoms with Gasteiger partial charge in [0.05, 0.1) is 11.1 Å². The Morgan fingerprint density at radius 3 is 2.43 bits per heavy atom. The zero-order valence-electron chi connectivity index (χ0n) is 14.4. The summed E-state index contributed by atoms with van der Waals surface area (Å²) < 4.78 is 0. The monoisotopic (exact) mass is 338 g/mol. The van der Waals surface area contributed by atoms with Crippen LogP contribution in [-0.4, -0.2) is 41.0 Å². The van der Waals surface area contributed by atoms with E-state index in [4.69, 9.17) is 17.3 Å². The minimum atomic E-state index is -0.921. The summed E-state index contributed by atoms with van der Waals surface area (Å²) in [4.78, 5) is 13.8. The Balaban J connectivity index is 2.20. The number of nitrogens with two attached hydrogens (primary N) is 1. The first kappa shape index (κ1) is 18.4. The summed E-state index contributed by atoms with van der Waals surface area (Å²) in [6.07, 6.45) is 0.593. The van der Waals surface area contributed by atoms with Crippen LogP contribution in [0.25, 0.3) is 0 Å². The summed E-state index contributed by atoms with van der Waals surface area (Å²) in [6.45, 7) is 9.27. The van der Waals surface area contributed by atoms with Crippen molar-refractivity contribution < 1.29 is 9.90 Å². The molecule has 0 saturated carbocycles. The molecule has 1 fully saturated rings. The van der Waals surface area contributed by atoms with Gasteiger partial charge in [0.2, 0.25) is 0 Å². The Kier molecular flexibility index (Phi) is 4.94. The lowest BCUT2D eigenvalue weighted by Gasteiger charge is -2.51. The normalized spacial score (nSPS) is 27.4. The van der Waals surface area contributed by atoms with Crippen LogP contribution in [0.15, 0.2) is 24.3 Å². The van der Waals surface area contributed by atoms with Crippen molar-refractivity contribution in [2.45, 2.75) is 45.3 Å². The van der Waals surface area contributed by atoms with Crippen LogP contribution >= 0.6 is 11.6 Å². The molecule has 0 aromatic heterocycles. The first-order chi connectivity index (χ1) is 10.5. The molecule has 23 heavy (non-hydrogen) atoms. The number of piperidine rings is 1. The molecule has 0 radical (unpaired) electrons. The van der Waals surface area contributed by atoms with Crippen LogP contribution in [0.1, 0.15) is 39.7 Å². The number of halogens is 1. The number of hydrogen-bond donors (Lipinski definition) is 2. The molecular weight excluding hydrogens is 312 g/mol. The molecule has 0 amide bonds. The number of Topliss-reactive ketones (excluding diaryl/α,β-unsaturated/α-hetero) is 1. The smallest absolute Gasteiger partial charge is 0.150 e. The van der Waals surface area contributed by atoms with Gasteiger partial charge in [0.25, 0.3) is 0 Å². The zero-order valence-corrected chi connectivity index (χ0v) is 15.2. The minimum absolute atomic E-state index is 0.0196. The molecule has 1 aliphatic heterocycles. The number of hydrogen-bond acceptors (Lipinski definition) is 4. The van der Waals surface area contributed by atoms with Crippen molar-refractivity contribution in [3.8, 4) is 0 Å². The largest absolute Gasteiger partial charge is 0.385 e. The standard InChI is InChI=1S/C18H27ClN2O2/c1-13(22)17(4,20)12-21-10-9-18(23,16(2,3)11-21)14-5-7-15(19)8-6-14/h5-8,23H,9-12,20H2,1-4H3/t17-,18?/m0/s1. The zero-order chi connectivity index (χ0) is 17.5. The fourth-order valence-corrected chi connectivity index (χ4v) is 3.52. The van der Waals surface area contributed by atoms with Crippen LogP contribution in [0, 0.1) is 5.41 Å². The molecule has 0 bridgehead atoms. The Labute approximate surface area is 143 Å². The maximum atomic E-state index is 11.7. The Morgan fingerprint density at radius 1 is 1.39 bits per heavy atom. The van der Waals surface area contributed by atoms with Crippen molar-refractivity contribution in [3.63, 3.8) is 0 Å². The molecule has 1 aliphatic rings. The van der Waals surface area contributed by atoms with Gasteiger partial charge in [-0.15, -0.1) is 0 Å². The summed E-state index contributed by atoms with van der Waals surface area (Å²) >= 11 is 5.96. The van der Waals surface area contributed by atoms with Crippen molar-refractivity contribution in [2.75, 3.05) is 19.6 Å². The molecule has 2 rings (SSSR count). The average molecular weight is 339 g/mol. The Bertz CT molecular complexity index is 583. The molecule has 1 aromatic carbocycles. The van der Waals surface area contributed by atoms with Crippen LogP contribution in [0.3, 0.4) is 0 Å². The number of carbonyl (C=O) groups excluding carboxylic acids is 1. The van der Waals surface area contributed by atoms with Gasteiger partial charge in [0.15, 0.2) is 5.78 Å². The molecule has 0 spiro atoms. The van der Waals surface area contributed by atoms with Crippen LogP contribution in [0.5, 0.6) is 0 Å². The molecule has 3 N–H and O–H groups in total. The number of nitrogens with zero attached hydrogens (tertiary/aromatic N) is 1. The van der Waals surface area contributed by atoms with E-state index in [1.54, 1.807) is 6.92 Å². The number of rotatable bonds is 4. The van der Waals surface area contributed by atoms with E-state index in [0.29, 0.717) is 31.1 Å². The summed E-state index contributed by atoms with van der Waals surface area (Å²) in [5.41, 5.74) is 4.84. The quantitative estimate of drug-likeness (QED) is 0.885. The molecule has 1 aromatic rings. The highest BCUT2D eigenvalue weighted by Crippen LogP contribution is 2.46. The lowest BCUT2D eigenvalue weighted by molar-refractivity contribution is -0.133. The van der Waals surface area contributed by atoms with Gasteiger partial charge < -0.3 is 15.7 Å². The van der Waals surface area contributed by atoms with E-state index in [2.05, 4.69) is 18.7 Å². The molecule has 1 heterocycles. The number of likely N-dealkylation sites (tertiary alicyclic amines) is 1. The summed E-state index contributed by atoms with van der Waals surface area (Å²) in [5, 5.41) is 12.0. The molecule has 1 unspecified atom stereocenters. The van der Waals surface area contributed by atoms with Crippen LogP contribution in [0.2, 0.25) is 5.02 Å². The van der Waals surface area contributed by atoms with Gasteiger partial charge in [0.1, 0.15) is 0 Å². The predicted molar refractivity (Wildman–Crippen MR) is 93.5 cm³/mol. The Morgan fingerprint density at radius 2 is 1.96 bits per heavy atom. The fourth-order valence-electron chi connectivity index (χ4n) is 3.40. The van der Waals surface area contributed by atoms with E-state index in [-0.39, 0.29) is 11.2 Å². The van der Waals surface area contributed by atoms with E-state index in [1.165, 1.54) is 6.92 Å². The number of ketones is 1. The fraction of sp³-hybridized carbons (Fsp3) is 0.611. The van der Waals surface area contributed by atoms with Crippen molar-refractivity contribution in [1.29, 1.82) is 0 Å². The number of carbonyl (C=O) groups is 1. The molecule has 4 nitrogen and oxygen atoms in total. The van der Waals surface area contributed by atoms with E-state index < -0.39 is 11.1 Å². The predicted octanol–water partition coefficient (Wildman–Crippen LogP) is 2.57. The van der Waals surface area contributed by atoms with Crippen molar-refractivity contribution in [2.24, 2.45) is 11.1 Å². The maximum absolute atomic E-state index is 11.7. The van der Waals surface area contributed by atoms with Crippen LogP contribution < -0.4 is 5.73 Å². The second-order valence-corrected chi connectivity index (χ2v) is 8.12. The van der Waals surface area contributed by atoms with E-state index in [0.717, 1.165) is 5.56 Å². The van der Waals surface area contributed by atoms with Crippen molar-refractivity contribution in [3.05, 3.63) is 34.9 Å². The van der Waals surface area contributed by atoms with E-state index in [9.17, 15) is 9.90 Å². The lowest BCUT2D eigenvalue weighted by Crippen LogP contribution is -2.60. The summed E-state index contributed by atoms with van der Waals surface area (Å²) in [7, 11) is 0. The second-order valence-electron chi connectivity index (χ2n) is 7.69. The van der Waals surface area contributed by atoms with Gasteiger partial charge in [-0.1, -0.05) is 37.6 Å². The highest BCUT2D eigenvalue weighted by atomic mass is 35.5. The number of benzene rings is 1. The summed E-state index contributed by atoms with van der Waals surface area (Å²) in [5.74, 6) is -0.0196. The van der Waals surface area contributed by atoms with Crippen molar-refractivity contribution >= 4 is 17.4 Å². The van der Waals surface area contributed by atoms with Crippen LogP contribution in [-0.2, 0) is 10.4 Å². The molecule has 5 heteroatoms. The van der Waals surface area contributed by atoms with Gasteiger partial charge >= 0.3 is 0 Å². The molecule has 1 saturated heterocycles. The van der Waals surface area contributed by atoms with Crippen molar-refractivity contribution in [1.82, 2.24) is 4.90 Å². The molecule has 0 aliphatic carbocycles. The average Bonchev–Trinajstić information content (AvgIpc) is 2.43. The van der Waals surface area contributed by atoms with Gasteiger partial charge in [-0.05, 0) is 38.0 Å². The molecular formula is C18H27ClN2O2. The SMILES string of the molecule is CC(=O)[C@@](C)(N)CN1CCC(O)(c2ccc(Cl)cc2)C(C)(C)C1. The lowest BCUT2D eigenvalue weighted by atomic mass is 9.66. The Hall–Kier alpha value is -0.940. The first-order valence-corrected chi connectivity index (χ1v) is 8.36. The van der Waals surface area contributed by atoms with Gasteiger partial charge in [0, 0.05) is 30.1 Å². The first-order valence-electron chi connectivity index (χ1n) is 7.99. The highest BCUT2D eigenvalue weighted by Gasteiger charge is 2.49. The van der Waals surface area contributed by atoms with Crippen LogP contribution in [0.4, 0.5) is 0 Å². The van der Waals surface area contributed by atoms with E-state index >= 15 is 0 Å². The van der Waals surface area contributed by atoms with Gasteiger partial charge in [-0.2, -0.15) is 0 Å². The van der Waals surface area contributed by atoms with Gasteiger partial charge in [-0.3, -0.25) is 4.79 Å².